The van der Waals surface area contributed by atoms with Crippen LogP contribution in [0.2, 0.25) is 0 Å². The van der Waals surface area contributed by atoms with Crippen molar-refractivity contribution in [3.63, 3.8) is 0 Å². The first-order valence-corrected chi connectivity index (χ1v) is 8.67. The van der Waals surface area contributed by atoms with Gasteiger partial charge in [-0.25, -0.2) is 0 Å². The topological polar surface area (TPSA) is 29.3 Å². The third-order valence-electron chi connectivity index (χ3n) is 2.90. The average Bonchev–Trinajstić information content (AvgIpc) is 2.39. The molecular weight excluding hydrogens is 280 g/mol. The Balaban J connectivity index is 2.38. The predicted octanol–water partition coefficient (Wildman–Crippen LogP) is 2.99. The quantitative estimate of drug-likeness (QED) is 0.682. The minimum Gasteiger partial charge on any atom is -0.389 e. The maximum Gasteiger partial charge on any atom is 0.107 e. The molecule has 1 fully saturated rings. The van der Waals surface area contributed by atoms with Gasteiger partial charge in [-0.15, -0.1) is 11.8 Å². The molecule has 1 aromatic rings. The summed E-state index contributed by atoms with van der Waals surface area (Å²) in [5.41, 5.74) is 8.21. The van der Waals surface area contributed by atoms with E-state index in [1.54, 1.807) is 0 Å². The number of rotatable bonds is 4. The summed E-state index contributed by atoms with van der Waals surface area (Å²) >= 11 is 9.07. The van der Waals surface area contributed by atoms with Gasteiger partial charge in [0.1, 0.15) is 4.99 Å². The molecule has 0 saturated carbocycles. The SMILES string of the molecule is CCSc1cccc(N2CCSCC2)c1C(N)=S. The number of benzene rings is 1. The zero-order valence-corrected chi connectivity index (χ0v) is 13.0. The smallest absolute Gasteiger partial charge is 0.107 e. The van der Waals surface area contributed by atoms with Gasteiger partial charge in [0.05, 0.1) is 0 Å². The van der Waals surface area contributed by atoms with Crippen LogP contribution in [0.1, 0.15) is 12.5 Å². The second-order valence-corrected chi connectivity index (χ2v) is 7.02. The molecule has 1 aromatic carbocycles. The van der Waals surface area contributed by atoms with Crippen molar-refractivity contribution in [2.75, 3.05) is 35.2 Å². The summed E-state index contributed by atoms with van der Waals surface area (Å²) in [5, 5.41) is 0. The van der Waals surface area contributed by atoms with E-state index in [9.17, 15) is 0 Å². The molecule has 5 heteroatoms. The van der Waals surface area contributed by atoms with Crippen LogP contribution in [-0.4, -0.2) is 35.3 Å². The second-order valence-electron chi connectivity index (χ2n) is 4.05. The van der Waals surface area contributed by atoms with Gasteiger partial charge in [0.2, 0.25) is 0 Å². The van der Waals surface area contributed by atoms with Crippen LogP contribution in [0.3, 0.4) is 0 Å². The minimum absolute atomic E-state index is 0.514. The Hall–Kier alpha value is -0.390. The molecule has 0 aliphatic carbocycles. The molecule has 0 bridgehead atoms. The van der Waals surface area contributed by atoms with Gasteiger partial charge in [0.15, 0.2) is 0 Å². The lowest BCUT2D eigenvalue weighted by Crippen LogP contribution is -2.34. The number of nitrogens with two attached hydrogens (primary N) is 1. The Morgan fingerprint density at radius 3 is 2.78 bits per heavy atom. The van der Waals surface area contributed by atoms with Crippen LogP contribution in [0, 0.1) is 0 Å². The van der Waals surface area contributed by atoms with Crippen molar-refractivity contribution in [2.24, 2.45) is 5.73 Å². The third-order valence-corrected chi connectivity index (χ3v) is 4.99. The Labute approximate surface area is 123 Å². The van der Waals surface area contributed by atoms with E-state index in [0.29, 0.717) is 4.99 Å². The van der Waals surface area contributed by atoms with E-state index in [1.165, 1.54) is 22.1 Å². The van der Waals surface area contributed by atoms with Crippen molar-refractivity contribution < 1.29 is 0 Å². The van der Waals surface area contributed by atoms with E-state index in [4.69, 9.17) is 18.0 Å². The van der Waals surface area contributed by atoms with Crippen molar-refractivity contribution in [1.82, 2.24) is 0 Å². The zero-order valence-electron chi connectivity index (χ0n) is 10.5. The van der Waals surface area contributed by atoms with Crippen LogP contribution in [-0.2, 0) is 0 Å². The van der Waals surface area contributed by atoms with Crippen molar-refractivity contribution in [3.8, 4) is 0 Å². The highest BCUT2D eigenvalue weighted by Gasteiger charge is 2.18. The van der Waals surface area contributed by atoms with E-state index >= 15 is 0 Å². The summed E-state index contributed by atoms with van der Waals surface area (Å²) in [4.78, 5) is 4.13. The van der Waals surface area contributed by atoms with Crippen molar-refractivity contribution in [3.05, 3.63) is 23.8 Å². The summed E-state index contributed by atoms with van der Waals surface area (Å²) in [6.45, 7) is 4.32. The van der Waals surface area contributed by atoms with Crippen molar-refractivity contribution in [1.29, 1.82) is 0 Å². The first kappa shape index (κ1) is 14.0. The van der Waals surface area contributed by atoms with E-state index in [-0.39, 0.29) is 0 Å². The highest BCUT2D eigenvalue weighted by molar-refractivity contribution is 7.99. The molecule has 2 nitrogen and oxygen atoms in total. The standard InChI is InChI=1S/C13H18N2S3/c1-2-18-11-5-3-4-10(12(11)13(14)16)15-6-8-17-9-7-15/h3-5H,2,6-9H2,1H3,(H2,14,16). The number of thiocarbonyl (C=S) groups is 1. The Bertz CT molecular complexity index is 428. The van der Waals surface area contributed by atoms with Crippen molar-refractivity contribution in [2.45, 2.75) is 11.8 Å². The molecule has 0 aromatic heterocycles. The molecular formula is C13H18N2S3. The molecule has 0 atom stereocenters. The largest absolute Gasteiger partial charge is 0.389 e. The lowest BCUT2D eigenvalue weighted by Gasteiger charge is -2.30. The van der Waals surface area contributed by atoms with Gasteiger partial charge in [0.25, 0.3) is 0 Å². The first-order valence-electron chi connectivity index (χ1n) is 6.12. The molecule has 2 N–H and O–H groups in total. The molecule has 2 rings (SSSR count). The summed E-state index contributed by atoms with van der Waals surface area (Å²) in [6.07, 6.45) is 0. The average molecular weight is 299 g/mol. The Kier molecular flexibility index (Phi) is 5.21. The van der Waals surface area contributed by atoms with Crippen LogP contribution < -0.4 is 10.6 Å². The fraction of sp³-hybridized carbons (Fsp3) is 0.462. The Morgan fingerprint density at radius 2 is 2.17 bits per heavy atom. The molecule has 98 valence electrons. The van der Waals surface area contributed by atoms with Crippen LogP contribution >= 0.6 is 35.7 Å². The number of nitrogens with zero attached hydrogens (tertiary/aromatic N) is 1. The highest BCUT2D eigenvalue weighted by Crippen LogP contribution is 2.32. The van der Waals surface area contributed by atoms with Gasteiger partial charge in [-0.2, -0.15) is 11.8 Å². The number of anilines is 1. The normalized spacial score (nSPS) is 15.7. The number of hydrogen-bond donors (Lipinski definition) is 1. The lowest BCUT2D eigenvalue weighted by molar-refractivity contribution is 0.855. The van der Waals surface area contributed by atoms with Crippen LogP contribution in [0.4, 0.5) is 5.69 Å². The van der Waals surface area contributed by atoms with E-state index in [1.807, 2.05) is 23.5 Å². The molecule has 0 spiro atoms. The summed E-state index contributed by atoms with van der Waals surface area (Å²) in [7, 11) is 0. The molecule has 0 amide bonds. The van der Waals surface area contributed by atoms with E-state index in [2.05, 4.69) is 30.0 Å². The third kappa shape index (κ3) is 3.13. The summed E-state index contributed by atoms with van der Waals surface area (Å²) in [5.74, 6) is 3.40. The first-order chi connectivity index (χ1) is 8.74. The molecule has 18 heavy (non-hydrogen) atoms. The van der Waals surface area contributed by atoms with Crippen LogP contribution in [0.25, 0.3) is 0 Å². The second kappa shape index (κ2) is 6.68. The molecule has 1 aliphatic rings. The summed E-state index contributed by atoms with van der Waals surface area (Å²) < 4.78 is 0. The van der Waals surface area contributed by atoms with Crippen LogP contribution in [0.15, 0.2) is 23.1 Å². The molecule has 1 aliphatic heterocycles. The van der Waals surface area contributed by atoms with Gasteiger partial charge >= 0.3 is 0 Å². The fourth-order valence-corrected chi connectivity index (χ4v) is 4.14. The molecule has 1 saturated heterocycles. The fourth-order valence-electron chi connectivity index (χ4n) is 2.11. The predicted molar refractivity (Wildman–Crippen MR) is 88.3 cm³/mol. The van der Waals surface area contributed by atoms with E-state index in [0.717, 1.165) is 24.4 Å². The number of thioether (sulfide) groups is 2. The van der Waals surface area contributed by atoms with Gasteiger partial charge in [-0.3, -0.25) is 0 Å². The maximum absolute atomic E-state index is 5.94. The lowest BCUT2D eigenvalue weighted by atomic mass is 10.1. The number of hydrogen-bond acceptors (Lipinski definition) is 4. The summed E-state index contributed by atoms with van der Waals surface area (Å²) in [6, 6.07) is 6.37. The Morgan fingerprint density at radius 1 is 1.44 bits per heavy atom. The maximum atomic E-state index is 5.94. The molecule has 0 radical (unpaired) electrons. The van der Waals surface area contributed by atoms with Crippen molar-refractivity contribution >= 4 is 46.4 Å². The zero-order chi connectivity index (χ0) is 13.0. The van der Waals surface area contributed by atoms with Crippen LogP contribution in [0.5, 0.6) is 0 Å². The van der Waals surface area contributed by atoms with Gasteiger partial charge in [-0.1, -0.05) is 25.2 Å². The minimum atomic E-state index is 0.514. The monoisotopic (exact) mass is 298 g/mol. The molecule has 0 unspecified atom stereocenters. The van der Waals surface area contributed by atoms with Gasteiger partial charge < -0.3 is 10.6 Å². The van der Waals surface area contributed by atoms with Gasteiger partial charge in [0, 0.05) is 40.7 Å². The highest BCUT2D eigenvalue weighted by atomic mass is 32.2. The molecule has 1 heterocycles. The van der Waals surface area contributed by atoms with E-state index < -0.39 is 0 Å². The van der Waals surface area contributed by atoms with Gasteiger partial charge in [-0.05, 0) is 17.9 Å².